The number of hydrogen-bond donors (Lipinski definition) is 0. The van der Waals surface area contributed by atoms with Crippen LogP contribution < -0.4 is 0 Å². The van der Waals surface area contributed by atoms with E-state index in [2.05, 4.69) is 60.7 Å². The zero-order valence-corrected chi connectivity index (χ0v) is 26.0. The Hall–Kier alpha value is -2.55. The van der Waals surface area contributed by atoms with Crippen molar-refractivity contribution in [3.63, 3.8) is 0 Å². The number of rotatable bonds is 0. The summed E-state index contributed by atoms with van der Waals surface area (Å²) < 4.78 is 0. The van der Waals surface area contributed by atoms with E-state index in [4.69, 9.17) is 0 Å². The van der Waals surface area contributed by atoms with E-state index >= 15 is 0 Å². The molecule has 8 aromatic carbocycles. The van der Waals surface area contributed by atoms with Crippen LogP contribution in [0.15, 0.2) is 72.8 Å². The summed E-state index contributed by atoms with van der Waals surface area (Å²) in [6.07, 6.45) is 0. The third-order valence-corrected chi connectivity index (χ3v) is 8.30. The van der Waals surface area contributed by atoms with Crippen molar-refractivity contribution in [2.75, 3.05) is 7.05 Å². The Bertz CT molecular complexity index is 2170. The monoisotopic (exact) mass is 635 g/mol. The molecule has 5 heteroatoms. The molecule has 0 spiro atoms. The SMILES string of the molecule is CN1C(=O)c2ccc3c4ccc5c6cc[c-]c7[c-]ccc(c8ccc(c9ccc(c2c39)C1=O)c4c58)c76.[Y].[Y]. The second kappa shape index (κ2) is 8.23. The Morgan fingerprint density at radius 2 is 0.816 bits per heavy atom. The second-order valence-corrected chi connectivity index (χ2v) is 9.84. The van der Waals surface area contributed by atoms with E-state index in [0.29, 0.717) is 11.1 Å². The largest absolute Gasteiger partial charge is 0.285 e. The molecule has 0 unspecified atom stereocenters. The molecule has 9 rings (SSSR count). The van der Waals surface area contributed by atoms with Crippen LogP contribution in [0.3, 0.4) is 0 Å². The van der Waals surface area contributed by atoms with Gasteiger partial charge in [-0.05, 0) is 60.6 Å². The molecule has 8 aromatic rings. The molecule has 3 nitrogen and oxygen atoms in total. The van der Waals surface area contributed by atoms with Gasteiger partial charge in [0.25, 0.3) is 11.8 Å². The third-order valence-electron chi connectivity index (χ3n) is 8.30. The summed E-state index contributed by atoms with van der Waals surface area (Å²) in [5.41, 5.74) is 1.18. The van der Waals surface area contributed by atoms with Crippen molar-refractivity contribution in [1.29, 1.82) is 0 Å². The fourth-order valence-corrected chi connectivity index (χ4v) is 6.78. The summed E-state index contributed by atoms with van der Waals surface area (Å²) >= 11 is 0. The van der Waals surface area contributed by atoms with Crippen LogP contribution in [0.4, 0.5) is 0 Å². The molecule has 0 bridgehead atoms. The van der Waals surface area contributed by atoms with Crippen molar-refractivity contribution in [3.8, 4) is 0 Å². The second-order valence-electron chi connectivity index (χ2n) is 9.84. The maximum Gasteiger partial charge on any atom is 0.261 e. The van der Waals surface area contributed by atoms with Crippen molar-refractivity contribution in [3.05, 3.63) is 96.1 Å². The Labute approximate surface area is 267 Å². The van der Waals surface area contributed by atoms with Crippen LogP contribution in [-0.2, 0) is 65.4 Å². The zero-order valence-electron chi connectivity index (χ0n) is 20.3. The number of hydrogen-bond acceptors (Lipinski definition) is 2. The first kappa shape index (κ1) is 24.5. The Morgan fingerprint density at radius 1 is 0.474 bits per heavy atom. The molecule has 0 saturated heterocycles. The first-order valence-corrected chi connectivity index (χ1v) is 12.0. The van der Waals surface area contributed by atoms with Gasteiger partial charge in [-0.1, -0.05) is 47.9 Å². The predicted molar refractivity (Wildman–Crippen MR) is 145 cm³/mol. The van der Waals surface area contributed by atoms with E-state index in [1.165, 1.54) is 42.6 Å². The minimum atomic E-state index is -0.245. The van der Waals surface area contributed by atoms with Crippen LogP contribution in [-0.4, -0.2) is 23.8 Å². The third kappa shape index (κ3) is 2.74. The Morgan fingerprint density at radius 3 is 1.24 bits per heavy atom. The fourth-order valence-electron chi connectivity index (χ4n) is 6.78. The molecule has 1 aliphatic rings. The molecule has 0 fully saturated rings. The standard InChI is InChI=1S/C33H15NO2.2Y/c1-34-32(35)25-14-12-23-21-10-8-19-17-6-2-4-16-5-3-7-18(27(16)17)20-9-11-22(29(21)28(19)20)24-13-15-26(33(34)36)31(25)30(23)24;;/h2-3,6-15H,1H3;;/q-2;;. The molecule has 1 aliphatic heterocycles. The van der Waals surface area contributed by atoms with Crippen molar-refractivity contribution >= 4 is 87.2 Å². The van der Waals surface area contributed by atoms with Gasteiger partial charge >= 0.3 is 0 Å². The average molecular weight is 635 g/mol. The molecule has 172 valence electrons. The number of fused-ring (bicyclic) bond motifs is 4. The summed E-state index contributed by atoms with van der Waals surface area (Å²) in [6.45, 7) is 0. The van der Waals surface area contributed by atoms with Crippen molar-refractivity contribution in [2.45, 2.75) is 0 Å². The summed E-state index contributed by atoms with van der Waals surface area (Å²) in [4.78, 5) is 27.3. The number of carbonyl (C=O) groups excluding carboxylic acids is 2. The number of carbonyl (C=O) groups is 2. The predicted octanol–water partition coefficient (Wildman–Crippen LogP) is 7.46. The van der Waals surface area contributed by atoms with Crippen LogP contribution in [0.5, 0.6) is 0 Å². The van der Waals surface area contributed by atoms with Crippen LogP contribution in [0.25, 0.3) is 75.4 Å². The molecule has 0 aromatic heterocycles. The zero-order chi connectivity index (χ0) is 23.9. The van der Waals surface area contributed by atoms with Gasteiger partial charge in [0.05, 0.1) is 0 Å². The van der Waals surface area contributed by atoms with Crippen LogP contribution in [0, 0.1) is 12.1 Å². The van der Waals surface area contributed by atoms with Gasteiger partial charge in [0.2, 0.25) is 0 Å². The molecule has 0 atom stereocenters. The van der Waals surface area contributed by atoms with Gasteiger partial charge < -0.3 is 0 Å². The minimum Gasteiger partial charge on any atom is -0.285 e. The van der Waals surface area contributed by atoms with Crippen molar-refractivity contribution in [2.24, 2.45) is 0 Å². The number of imide groups is 1. The number of nitrogens with zero attached hydrogens (tertiary/aromatic N) is 1. The molecule has 1 heterocycles. The van der Waals surface area contributed by atoms with E-state index in [1.807, 2.05) is 24.3 Å². The van der Waals surface area contributed by atoms with Crippen molar-refractivity contribution in [1.82, 2.24) is 4.90 Å². The van der Waals surface area contributed by atoms with E-state index in [0.717, 1.165) is 37.7 Å². The Kier molecular flexibility index (Phi) is 5.30. The summed E-state index contributed by atoms with van der Waals surface area (Å²) in [6, 6.07) is 31.7. The molecule has 2 radical (unpaired) electrons. The quantitative estimate of drug-likeness (QED) is 0.0752. The molecule has 0 saturated carbocycles. The fraction of sp³-hybridized carbons (Fsp3) is 0.0303. The van der Waals surface area contributed by atoms with E-state index < -0.39 is 0 Å². The number of benzene rings is 8. The van der Waals surface area contributed by atoms with Gasteiger partial charge in [0.1, 0.15) is 0 Å². The maximum atomic E-state index is 13.0. The smallest absolute Gasteiger partial charge is 0.261 e. The number of amides is 2. The van der Waals surface area contributed by atoms with Crippen LogP contribution >= 0.6 is 0 Å². The Balaban J connectivity index is 0.00000121. The maximum absolute atomic E-state index is 13.0. The minimum absolute atomic E-state index is 0. The van der Waals surface area contributed by atoms with Gasteiger partial charge in [0.15, 0.2) is 0 Å². The van der Waals surface area contributed by atoms with Crippen molar-refractivity contribution < 1.29 is 75.0 Å². The van der Waals surface area contributed by atoms with Gasteiger partial charge in [-0.3, -0.25) is 32.0 Å². The average Bonchev–Trinajstić information content (AvgIpc) is 2.92. The van der Waals surface area contributed by atoms with Gasteiger partial charge in [0, 0.05) is 89.0 Å². The van der Waals surface area contributed by atoms with E-state index in [-0.39, 0.29) is 77.2 Å². The first-order valence-electron chi connectivity index (χ1n) is 12.0. The van der Waals surface area contributed by atoms with Gasteiger partial charge in [-0.15, -0.1) is 0 Å². The topological polar surface area (TPSA) is 37.4 Å². The van der Waals surface area contributed by atoms with E-state index in [1.54, 1.807) is 7.05 Å². The molecule has 0 N–H and O–H groups in total. The first-order chi connectivity index (χ1) is 17.6. The molecule has 0 aliphatic carbocycles. The van der Waals surface area contributed by atoms with Gasteiger partial charge in [-0.2, -0.15) is 16.8 Å². The van der Waals surface area contributed by atoms with Gasteiger partial charge in [-0.25, -0.2) is 12.1 Å². The molecule has 38 heavy (non-hydrogen) atoms. The summed E-state index contributed by atoms with van der Waals surface area (Å²) in [5, 5.41) is 15.8. The van der Waals surface area contributed by atoms with E-state index in [9.17, 15) is 9.59 Å². The molecule has 2 amide bonds. The summed E-state index contributed by atoms with van der Waals surface area (Å²) in [7, 11) is 1.55. The molecular weight excluding hydrogens is 620 g/mol. The van der Waals surface area contributed by atoms with Crippen LogP contribution in [0.1, 0.15) is 20.7 Å². The summed E-state index contributed by atoms with van der Waals surface area (Å²) in [5.74, 6) is -0.490. The normalized spacial score (nSPS) is 13.6. The molecular formula is C33H15NO2Y2-2. The van der Waals surface area contributed by atoms with Crippen LogP contribution in [0.2, 0.25) is 0 Å².